The predicted molar refractivity (Wildman–Crippen MR) is 70.5 cm³/mol. The van der Waals surface area contributed by atoms with Gasteiger partial charge in [0, 0.05) is 6.07 Å². The SMILES string of the molecule is C=C(C)c1cccc(Oc2cccc(C(F)(F)F)n2)c1. The van der Waals surface area contributed by atoms with Crippen molar-refractivity contribution >= 4 is 5.57 Å². The number of ether oxygens (including phenoxy) is 1. The van der Waals surface area contributed by atoms with E-state index < -0.39 is 11.9 Å². The zero-order valence-corrected chi connectivity index (χ0v) is 10.7. The Hall–Kier alpha value is -2.30. The van der Waals surface area contributed by atoms with Crippen LogP contribution in [0.4, 0.5) is 13.2 Å². The highest BCUT2D eigenvalue weighted by atomic mass is 19.4. The molecule has 2 nitrogen and oxygen atoms in total. The molecule has 0 radical (unpaired) electrons. The number of alkyl halides is 3. The molecule has 0 unspecified atom stereocenters. The van der Waals surface area contributed by atoms with Crippen molar-refractivity contribution in [1.29, 1.82) is 0 Å². The molecule has 5 heteroatoms. The van der Waals surface area contributed by atoms with E-state index in [4.69, 9.17) is 4.74 Å². The molecule has 104 valence electrons. The van der Waals surface area contributed by atoms with Crippen LogP contribution >= 0.6 is 0 Å². The number of pyridine rings is 1. The van der Waals surface area contributed by atoms with E-state index in [0.29, 0.717) is 5.75 Å². The third-order valence-electron chi connectivity index (χ3n) is 2.56. The second kappa shape index (κ2) is 5.36. The van der Waals surface area contributed by atoms with Gasteiger partial charge in [-0.1, -0.05) is 30.4 Å². The molecule has 20 heavy (non-hydrogen) atoms. The van der Waals surface area contributed by atoms with E-state index in [0.717, 1.165) is 17.2 Å². The fourth-order valence-corrected chi connectivity index (χ4v) is 1.58. The van der Waals surface area contributed by atoms with E-state index in [1.807, 2.05) is 13.0 Å². The summed E-state index contributed by atoms with van der Waals surface area (Å²) in [6.45, 7) is 5.63. The van der Waals surface area contributed by atoms with Crippen molar-refractivity contribution in [2.45, 2.75) is 13.1 Å². The first-order valence-corrected chi connectivity index (χ1v) is 5.84. The molecule has 0 aliphatic carbocycles. The van der Waals surface area contributed by atoms with Gasteiger partial charge in [0.15, 0.2) is 0 Å². The Bertz CT molecular complexity index is 635. The maximum atomic E-state index is 12.5. The van der Waals surface area contributed by atoms with Gasteiger partial charge in [-0.25, -0.2) is 4.98 Å². The third kappa shape index (κ3) is 3.38. The van der Waals surface area contributed by atoms with Crippen LogP contribution in [0.3, 0.4) is 0 Å². The Kier molecular flexibility index (Phi) is 3.79. The minimum atomic E-state index is -4.49. The molecule has 0 aliphatic heterocycles. The molecule has 0 aliphatic rings. The van der Waals surface area contributed by atoms with Crippen LogP contribution in [0.1, 0.15) is 18.2 Å². The second-order valence-electron chi connectivity index (χ2n) is 4.27. The maximum Gasteiger partial charge on any atom is 0.433 e. The molecule has 0 bridgehead atoms. The Morgan fingerprint density at radius 2 is 1.85 bits per heavy atom. The largest absolute Gasteiger partial charge is 0.439 e. The molecule has 0 saturated carbocycles. The van der Waals surface area contributed by atoms with E-state index in [-0.39, 0.29) is 5.88 Å². The molecule has 1 aromatic carbocycles. The molecule has 0 fully saturated rings. The summed E-state index contributed by atoms with van der Waals surface area (Å²) in [6, 6.07) is 10.5. The number of halogens is 3. The first-order valence-electron chi connectivity index (χ1n) is 5.84. The van der Waals surface area contributed by atoms with Crippen LogP contribution in [-0.2, 0) is 6.18 Å². The van der Waals surface area contributed by atoms with Crippen molar-refractivity contribution in [3.63, 3.8) is 0 Å². The van der Waals surface area contributed by atoms with Gasteiger partial charge in [0.05, 0.1) is 0 Å². The lowest BCUT2D eigenvalue weighted by atomic mass is 10.1. The van der Waals surface area contributed by atoms with Gasteiger partial charge in [-0.05, 0) is 30.7 Å². The van der Waals surface area contributed by atoms with E-state index in [9.17, 15) is 13.2 Å². The number of rotatable bonds is 3. The zero-order valence-electron chi connectivity index (χ0n) is 10.7. The van der Waals surface area contributed by atoms with Crippen molar-refractivity contribution < 1.29 is 17.9 Å². The Labute approximate surface area is 114 Å². The summed E-state index contributed by atoms with van der Waals surface area (Å²) in [5.74, 6) is 0.316. The molecular formula is C15H12F3NO. The summed E-state index contributed by atoms with van der Waals surface area (Å²) in [7, 11) is 0. The summed E-state index contributed by atoms with van der Waals surface area (Å²) in [5, 5.41) is 0. The Morgan fingerprint density at radius 1 is 1.15 bits per heavy atom. The summed E-state index contributed by atoms with van der Waals surface area (Å²) in [6.07, 6.45) is -4.49. The second-order valence-corrected chi connectivity index (χ2v) is 4.27. The molecular weight excluding hydrogens is 267 g/mol. The van der Waals surface area contributed by atoms with E-state index in [1.54, 1.807) is 18.2 Å². The molecule has 0 saturated heterocycles. The Morgan fingerprint density at radius 3 is 2.50 bits per heavy atom. The summed E-state index contributed by atoms with van der Waals surface area (Å²) in [5.41, 5.74) is 0.716. The lowest BCUT2D eigenvalue weighted by Gasteiger charge is -2.09. The molecule has 0 atom stereocenters. The van der Waals surface area contributed by atoms with Gasteiger partial charge in [-0.15, -0.1) is 0 Å². The molecule has 1 aromatic heterocycles. The number of aromatic nitrogens is 1. The quantitative estimate of drug-likeness (QED) is 0.795. The number of hydrogen-bond donors (Lipinski definition) is 0. The van der Waals surface area contributed by atoms with E-state index >= 15 is 0 Å². The van der Waals surface area contributed by atoms with Gasteiger partial charge in [0.2, 0.25) is 5.88 Å². The van der Waals surface area contributed by atoms with Crippen LogP contribution in [0.15, 0.2) is 49.0 Å². The van der Waals surface area contributed by atoms with Gasteiger partial charge >= 0.3 is 6.18 Å². The summed E-state index contributed by atoms with van der Waals surface area (Å²) < 4.78 is 43.0. The molecule has 2 aromatic rings. The van der Waals surface area contributed by atoms with E-state index in [1.165, 1.54) is 12.1 Å². The van der Waals surface area contributed by atoms with Crippen molar-refractivity contribution in [3.05, 3.63) is 60.3 Å². The Balaban J connectivity index is 2.26. The molecule has 0 amide bonds. The van der Waals surface area contributed by atoms with E-state index in [2.05, 4.69) is 11.6 Å². The van der Waals surface area contributed by atoms with Crippen LogP contribution in [0.2, 0.25) is 0 Å². The molecule has 1 heterocycles. The highest BCUT2D eigenvalue weighted by Crippen LogP contribution is 2.30. The summed E-state index contributed by atoms with van der Waals surface area (Å²) >= 11 is 0. The monoisotopic (exact) mass is 279 g/mol. The van der Waals surface area contributed by atoms with Crippen LogP contribution in [0, 0.1) is 0 Å². The fourth-order valence-electron chi connectivity index (χ4n) is 1.58. The van der Waals surface area contributed by atoms with Gasteiger partial charge in [0.1, 0.15) is 11.4 Å². The first-order chi connectivity index (χ1) is 9.36. The first kappa shape index (κ1) is 14.1. The van der Waals surface area contributed by atoms with Crippen LogP contribution in [0.25, 0.3) is 5.57 Å². The number of hydrogen-bond acceptors (Lipinski definition) is 2. The lowest BCUT2D eigenvalue weighted by molar-refractivity contribution is -0.141. The van der Waals surface area contributed by atoms with Crippen molar-refractivity contribution in [1.82, 2.24) is 4.98 Å². The zero-order chi connectivity index (χ0) is 14.8. The average molecular weight is 279 g/mol. The number of allylic oxidation sites excluding steroid dienone is 1. The molecule has 0 spiro atoms. The van der Waals surface area contributed by atoms with Gasteiger partial charge in [0.25, 0.3) is 0 Å². The van der Waals surface area contributed by atoms with Crippen molar-refractivity contribution in [2.24, 2.45) is 0 Å². The summed E-state index contributed by atoms with van der Waals surface area (Å²) in [4.78, 5) is 3.44. The minimum Gasteiger partial charge on any atom is -0.439 e. The van der Waals surface area contributed by atoms with Crippen LogP contribution in [0.5, 0.6) is 11.6 Å². The highest BCUT2D eigenvalue weighted by Gasteiger charge is 2.32. The predicted octanol–water partition coefficient (Wildman–Crippen LogP) is 4.93. The lowest BCUT2D eigenvalue weighted by Crippen LogP contribution is -2.07. The molecule has 2 rings (SSSR count). The van der Waals surface area contributed by atoms with Gasteiger partial charge in [-0.3, -0.25) is 0 Å². The number of nitrogens with zero attached hydrogens (tertiary/aromatic N) is 1. The molecule has 0 N–H and O–H groups in total. The third-order valence-corrected chi connectivity index (χ3v) is 2.56. The highest BCUT2D eigenvalue weighted by molar-refractivity contribution is 5.62. The van der Waals surface area contributed by atoms with Crippen LogP contribution < -0.4 is 4.74 Å². The smallest absolute Gasteiger partial charge is 0.433 e. The van der Waals surface area contributed by atoms with Crippen LogP contribution in [-0.4, -0.2) is 4.98 Å². The maximum absolute atomic E-state index is 12.5. The number of benzene rings is 1. The average Bonchev–Trinajstić information content (AvgIpc) is 2.38. The van der Waals surface area contributed by atoms with Gasteiger partial charge < -0.3 is 4.74 Å². The van der Waals surface area contributed by atoms with Crippen molar-refractivity contribution in [3.8, 4) is 11.6 Å². The fraction of sp³-hybridized carbons (Fsp3) is 0.133. The normalized spacial score (nSPS) is 11.2. The van der Waals surface area contributed by atoms with Crippen molar-refractivity contribution in [2.75, 3.05) is 0 Å². The minimum absolute atomic E-state index is 0.0984. The standard InChI is InChI=1S/C15H12F3NO/c1-10(2)11-5-3-6-12(9-11)20-14-8-4-7-13(19-14)15(16,17)18/h3-9H,1H2,2H3. The van der Waals surface area contributed by atoms with Gasteiger partial charge in [-0.2, -0.15) is 13.2 Å². The topological polar surface area (TPSA) is 22.1 Å².